The van der Waals surface area contributed by atoms with Crippen LogP contribution < -0.4 is 4.90 Å². The average molecular weight is 825 g/mol. The highest BCUT2D eigenvalue weighted by Crippen LogP contribution is 2.63. The fourth-order valence-corrected chi connectivity index (χ4v) is 11.6. The monoisotopic (exact) mass is 824 g/mol. The minimum Gasteiger partial charge on any atom is -0.310 e. The van der Waals surface area contributed by atoms with E-state index in [4.69, 9.17) is 0 Å². The summed E-state index contributed by atoms with van der Waals surface area (Å²) in [5.41, 5.74) is 21.9. The molecule has 12 aromatic rings. The van der Waals surface area contributed by atoms with Crippen LogP contribution in [0.4, 0.5) is 17.1 Å². The summed E-state index contributed by atoms with van der Waals surface area (Å²) < 4.78 is 2.42. The highest BCUT2D eigenvalue weighted by atomic mass is 15.1. The minimum atomic E-state index is -0.426. The highest BCUT2D eigenvalue weighted by molar-refractivity contribution is 6.24. The lowest BCUT2D eigenvalue weighted by Gasteiger charge is -2.32. The molecule has 2 nitrogen and oxygen atoms in total. The Labute approximate surface area is 377 Å². The predicted octanol–water partition coefficient (Wildman–Crippen LogP) is 16.5. The molecule has 0 aliphatic heterocycles. The quantitative estimate of drug-likeness (QED) is 0.152. The van der Waals surface area contributed by atoms with Crippen molar-refractivity contribution in [2.75, 3.05) is 4.90 Å². The maximum absolute atomic E-state index is 2.48. The first-order chi connectivity index (χ1) is 32.2. The van der Waals surface area contributed by atoms with E-state index in [0.717, 1.165) is 22.7 Å². The maximum atomic E-state index is 2.48. The molecule has 0 N–H and O–H groups in total. The van der Waals surface area contributed by atoms with Crippen molar-refractivity contribution < 1.29 is 0 Å². The maximum Gasteiger partial charge on any atom is 0.0726 e. The molecule has 2 aliphatic carbocycles. The lowest BCUT2D eigenvalue weighted by molar-refractivity contribution is 0.793. The molecule has 0 saturated heterocycles. The van der Waals surface area contributed by atoms with Gasteiger partial charge in [-0.05, 0) is 138 Å². The molecule has 0 unspecified atom stereocenters. The van der Waals surface area contributed by atoms with E-state index in [1.165, 1.54) is 99.3 Å². The van der Waals surface area contributed by atoms with Crippen molar-refractivity contribution in [1.29, 1.82) is 0 Å². The topological polar surface area (TPSA) is 8.17 Å². The summed E-state index contributed by atoms with van der Waals surface area (Å²) in [5, 5.41) is 5.23. The van der Waals surface area contributed by atoms with E-state index < -0.39 is 5.41 Å². The van der Waals surface area contributed by atoms with Gasteiger partial charge in [0.2, 0.25) is 0 Å². The Morgan fingerprint density at radius 2 is 0.708 bits per heavy atom. The molecule has 1 heterocycles. The van der Waals surface area contributed by atoms with Crippen molar-refractivity contribution in [2.45, 2.75) is 5.41 Å². The van der Waals surface area contributed by atoms with Crippen LogP contribution in [0.25, 0.3) is 82.8 Å². The molecular weight excluding hydrogens is 785 g/mol. The van der Waals surface area contributed by atoms with Crippen LogP contribution in [0.15, 0.2) is 243 Å². The second-order valence-corrected chi connectivity index (χ2v) is 17.6. The van der Waals surface area contributed by atoms with Crippen molar-refractivity contribution >= 4 is 49.6 Å². The third-order valence-corrected chi connectivity index (χ3v) is 14.4. The van der Waals surface area contributed by atoms with E-state index in [2.05, 4.69) is 252 Å². The molecule has 0 atom stereocenters. The van der Waals surface area contributed by atoms with Gasteiger partial charge in [0, 0.05) is 33.5 Å². The fourth-order valence-electron chi connectivity index (χ4n) is 11.6. The molecular formula is C63H40N2. The largest absolute Gasteiger partial charge is 0.310 e. The normalized spacial score (nSPS) is 13.0. The zero-order chi connectivity index (χ0) is 42.6. The lowest BCUT2D eigenvalue weighted by atomic mass is 9.70. The summed E-state index contributed by atoms with van der Waals surface area (Å²) in [6.45, 7) is 0. The third kappa shape index (κ3) is 5.11. The van der Waals surface area contributed by atoms with E-state index in [0.29, 0.717) is 0 Å². The SMILES string of the molecule is c1ccc(-c2ccc(N(c3ccc(-c4ccc(-n5c6cccc7ccc8cccc5c8c76)cc4)cc3)c3ccc4c(c3)C3(c5ccccc5-c5ccccc53)c3ccccc3-4)cc2)cc1. The zero-order valence-corrected chi connectivity index (χ0v) is 35.5. The van der Waals surface area contributed by atoms with Crippen LogP contribution in [0, 0.1) is 0 Å². The molecule has 0 amide bonds. The second-order valence-electron chi connectivity index (χ2n) is 17.6. The molecule has 14 rings (SSSR count). The van der Waals surface area contributed by atoms with Gasteiger partial charge in [-0.2, -0.15) is 0 Å². The molecule has 0 bridgehead atoms. The van der Waals surface area contributed by atoms with Crippen molar-refractivity contribution in [1.82, 2.24) is 4.57 Å². The predicted molar refractivity (Wildman–Crippen MR) is 271 cm³/mol. The summed E-state index contributed by atoms with van der Waals surface area (Å²) in [6.07, 6.45) is 0. The van der Waals surface area contributed by atoms with Crippen molar-refractivity contribution in [3.63, 3.8) is 0 Å². The fraction of sp³-hybridized carbons (Fsp3) is 0.0159. The lowest BCUT2D eigenvalue weighted by Crippen LogP contribution is -2.26. The summed E-state index contributed by atoms with van der Waals surface area (Å²) in [5.74, 6) is 0. The molecule has 65 heavy (non-hydrogen) atoms. The van der Waals surface area contributed by atoms with Crippen molar-refractivity contribution in [2.24, 2.45) is 0 Å². The minimum absolute atomic E-state index is 0.426. The number of fused-ring (bicyclic) bond motifs is 10. The van der Waals surface area contributed by atoms with E-state index in [-0.39, 0.29) is 0 Å². The first-order valence-electron chi connectivity index (χ1n) is 22.6. The van der Waals surface area contributed by atoms with Crippen LogP contribution in [-0.4, -0.2) is 4.57 Å². The van der Waals surface area contributed by atoms with Gasteiger partial charge >= 0.3 is 0 Å². The van der Waals surface area contributed by atoms with Gasteiger partial charge in [-0.3, -0.25) is 0 Å². The second kappa shape index (κ2) is 13.8. The van der Waals surface area contributed by atoms with Gasteiger partial charge in [0.25, 0.3) is 0 Å². The zero-order valence-electron chi connectivity index (χ0n) is 35.5. The summed E-state index contributed by atoms with van der Waals surface area (Å²) in [4.78, 5) is 2.43. The van der Waals surface area contributed by atoms with Crippen molar-refractivity contribution in [3.8, 4) is 50.2 Å². The van der Waals surface area contributed by atoms with Crippen LogP contribution in [-0.2, 0) is 5.41 Å². The molecule has 1 spiro atoms. The molecule has 0 radical (unpaired) electrons. The number of hydrogen-bond acceptors (Lipinski definition) is 1. The third-order valence-electron chi connectivity index (χ3n) is 14.4. The number of aromatic nitrogens is 1. The van der Waals surface area contributed by atoms with Gasteiger partial charge in [0.05, 0.1) is 16.4 Å². The Bertz CT molecular complexity index is 3670. The molecule has 302 valence electrons. The Kier molecular flexibility index (Phi) is 7.64. The highest BCUT2D eigenvalue weighted by Gasteiger charge is 2.51. The van der Waals surface area contributed by atoms with Gasteiger partial charge in [-0.1, -0.05) is 182 Å². The number of hydrogen-bond donors (Lipinski definition) is 0. The molecule has 0 saturated carbocycles. The van der Waals surface area contributed by atoms with Crippen LogP contribution in [0.5, 0.6) is 0 Å². The smallest absolute Gasteiger partial charge is 0.0726 e. The van der Waals surface area contributed by atoms with E-state index in [1.54, 1.807) is 0 Å². The standard InChI is InChI=1S/C63H40N2/c1-2-12-41(13-3-1)42-26-32-47(33-27-42)64(50-38-39-54-53-18-6-9-21-57(53)63(58(54)40-50)55-19-7-4-16-51(55)52-17-5-8-20-56(52)63)48-34-28-43(29-35-48)44-30-36-49(37-31-44)65-59-22-10-14-45-24-25-46-15-11-23-60(65)62(46)61(45)59/h1-40H. The summed E-state index contributed by atoms with van der Waals surface area (Å²) in [7, 11) is 0. The Morgan fingerprint density at radius 3 is 1.22 bits per heavy atom. The van der Waals surface area contributed by atoms with E-state index in [9.17, 15) is 0 Å². The first kappa shape index (κ1) is 36.1. The van der Waals surface area contributed by atoms with Crippen molar-refractivity contribution in [3.05, 3.63) is 265 Å². The molecule has 2 heteroatoms. The Morgan fingerprint density at radius 1 is 0.292 bits per heavy atom. The van der Waals surface area contributed by atoms with Crippen LogP contribution >= 0.6 is 0 Å². The Hall–Kier alpha value is -8.46. The average Bonchev–Trinajstić information content (AvgIpc) is 3.99. The van der Waals surface area contributed by atoms with Gasteiger partial charge in [-0.15, -0.1) is 0 Å². The molecule has 11 aromatic carbocycles. The molecule has 2 aliphatic rings. The number of benzene rings is 11. The number of anilines is 3. The van der Waals surface area contributed by atoms with Gasteiger partial charge in [0.15, 0.2) is 0 Å². The van der Waals surface area contributed by atoms with Gasteiger partial charge in [0.1, 0.15) is 0 Å². The Balaban J connectivity index is 0.893. The molecule has 0 fully saturated rings. The van der Waals surface area contributed by atoms with E-state index in [1.807, 2.05) is 0 Å². The number of nitrogens with zero attached hydrogens (tertiary/aromatic N) is 2. The van der Waals surface area contributed by atoms with Gasteiger partial charge < -0.3 is 9.47 Å². The van der Waals surface area contributed by atoms with Crippen LogP contribution in [0.1, 0.15) is 22.3 Å². The van der Waals surface area contributed by atoms with E-state index >= 15 is 0 Å². The van der Waals surface area contributed by atoms with Crippen LogP contribution in [0.2, 0.25) is 0 Å². The number of rotatable bonds is 6. The summed E-state index contributed by atoms with van der Waals surface area (Å²) >= 11 is 0. The molecule has 1 aromatic heterocycles. The summed E-state index contributed by atoms with van der Waals surface area (Å²) in [6, 6.07) is 89.9. The van der Waals surface area contributed by atoms with Gasteiger partial charge in [-0.25, -0.2) is 0 Å². The first-order valence-corrected chi connectivity index (χ1v) is 22.6. The van der Waals surface area contributed by atoms with Crippen LogP contribution in [0.3, 0.4) is 0 Å².